The van der Waals surface area contributed by atoms with Crippen LogP contribution < -0.4 is 0 Å². The summed E-state index contributed by atoms with van der Waals surface area (Å²) in [5.74, 6) is 0.873. The first-order valence-corrected chi connectivity index (χ1v) is 9.93. The molecule has 158 valence electrons. The van der Waals surface area contributed by atoms with E-state index in [1.807, 2.05) is 30.3 Å². The Hall–Kier alpha value is -3.78. The van der Waals surface area contributed by atoms with E-state index in [9.17, 15) is 15.2 Å². The van der Waals surface area contributed by atoms with Gasteiger partial charge in [-0.2, -0.15) is 0 Å². The molecule has 0 fully saturated rings. The summed E-state index contributed by atoms with van der Waals surface area (Å²) in [6.07, 6.45) is 0. The molecule has 8 nitrogen and oxygen atoms in total. The van der Waals surface area contributed by atoms with E-state index in [2.05, 4.69) is 28.9 Å². The highest BCUT2D eigenvalue weighted by molar-refractivity contribution is 5.87. The van der Waals surface area contributed by atoms with Gasteiger partial charge in [-0.15, -0.1) is 10.2 Å². The van der Waals surface area contributed by atoms with Crippen molar-refractivity contribution in [3.8, 4) is 17.2 Å². The van der Waals surface area contributed by atoms with Crippen LogP contribution in [0.3, 0.4) is 0 Å². The largest absolute Gasteiger partial charge is 0.508 e. The topological polar surface area (TPSA) is 106 Å². The van der Waals surface area contributed by atoms with E-state index in [0.717, 1.165) is 16.3 Å². The summed E-state index contributed by atoms with van der Waals surface area (Å²) in [7, 11) is 0. The smallest absolute Gasteiger partial charge is 0.270 e. The first-order chi connectivity index (χ1) is 14.9. The number of benzene rings is 3. The van der Waals surface area contributed by atoms with Crippen molar-refractivity contribution in [3.63, 3.8) is 0 Å². The Kier molecular flexibility index (Phi) is 5.64. The van der Waals surface area contributed by atoms with Crippen molar-refractivity contribution in [2.75, 3.05) is 0 Å². The lowest BCUT2D eigenvalue weighted by atomic mass is 10.0. The quantitative estimate of drug-likeness (QED) is 0.336. The van der Waals surface area contributed by atoms with Gasteiger partial charge in [0.1, 0.15) is 5.75 Å². The molecule has 0 saturated heterocycles. The standard InChI is InChI=1S/C23H22N4O4/c1-15(2)26(13-20-19-9-4-3-6-16(19)10-11-21(20)28)14-22-24-25-23(31-22)17-7-5-8-18(12-17)27(29)30/h3-12,15,28H,13-14H2,1-2H3. The number of fused-ring (bicyclic) bond motifs is 1. The molecule has 0 radical (unpaired) electrons. The average Bonchev–Trinajstić information content (AvgIpc) is 3.23. The normalized spacial score (nSPS) is 11.5. The van der Waals surface area contributed by atoms with Crippen LogP contribution in [0.5, 0.6) is 5.75 Å². The van der Waals surface area contributed by atoms with Crippen molar-refractivity contribution >= 4 is 16.5 Å². The molecule has 0 spiro atoms. The highest BCUT2D eigenvalue weighted by Crippen LogP contribution is 2.30. The SMILES string of the molecule is CC(C)N(Cc1nnc(-c2cccc([N+](=O)[O-])c2)o1)Cc1c(O)ccc2ccccc12. The molecule has 0 atom stereocenters. The molecule has 1 heterocycles. The molecule has 0 saturated carbocycles. The maximum absolute atomic E-state index is 11.0. The van der Waals surface area contributed by atoms with Crippen molar-refractivity contribution in [1.29, 1.82) is 0 Å². The molecule has 4 rings (SSSR count). The zero-order chi connectivity index (χ0) is 22.0. The molecule has 0 bridgehead atoms. The number of nitro groups is 1. The summed E-state index contributed by atoms with van der Waals surface area (Å²) in [4.78, 5) is 12.7. The summed E-state index contributed by atoms with van der Waals surface area (Å²) in [5, 5.41) is 31.8. The fraction of sp³-hybridized carbons (Fsp3) is 0.217. The molecule has 1 N–H and O–H groups in total. The average molecular weight is 418 g/mol. The van der Waals surface area contributed by atoms with Gasteiger partial charge in [0, 0.05) is 35.8 Å². The maximum Gasteiger partial charge on any atom is 0.270 e. The summed E-state index contributed by atoms with van der Waals surface area (Å²) in [6, 6.07) is 17.8. The van der Waals surface area contributed by atoms with Crippen molar-refractivity contribution in [2.45, 2.75) is 33.0 Å². The number of phenolic OH excluding ortho intramolecular Hbond substituents is 1. The third-order valence-electron chi connectivity index (χ3n) is 5.22. The van der Waals surface area contributed by atoms with Gasteiger partial charge in [-0.25, -0.2) is 0 Å². The number of nitrogens with zero attached hydrogens (tertiary/aromatic N) is 4. The van der Waals surface area contributed by atoms with Crippen molar-refractivity contribution in [2.24, 2.45) is 0 Å². The highest BCUT2D eigenvalue weighted by Gasteiger charge is 2.19. The summed E-state index contributed by atoms with van der Waals surface area (Å²) >= 11 is 0. The number of nitro benzene ring substituents is 1. The second kappa shape index (κ2) is 8.53. The van der Waals surface area contributed by atoms with Gasteiger partial charge >= 0.3 is 0 Å². The number of hydrogen-bond acceptors (Lipinski definition) is 7. The van der Waals surface area contributed by atoms with E-state index in [0.29, 0.717) is 24.5 Å². The van der Waals surface area contributed by atoms with Gasteiger partial charge in [0.2, 0.25) is 11.8 Å². The van der Waals surface area contributed by atoms with Crippen LogP contribution in [0.25, 0.3) is 22.2 Å². The van der Waals surface area contributed by atoms with E-state index in [1.54, 1.807) is 18.2 Å². The lowest BCUT2D eigenvalue weighted by Gasteiger charge is -2.26. The van der Waals surface area contributed by atoms with Crippen LogP contribution in [0.1, 0.15) is 25.3 Å². The van der Waals surface area contributed by atoms with Crippen LogP contribution in [0.2, 0.25) is 0 Å². The molecule has 4 aromatic rings. The maximum atomic E-state index is 11.0. The van der Waals surface area contributed by atoms with Crippen LogP contribution in [0.4, 0.5) is 5.69 Å². The number of non-ortho nitro benzene ring substituents is 1. The molecule has 1 aromatic heterocycles. The molecule has 31 heavy (non-hydrogen) atoms. The van der Waals surface area contributed by atoms with Crippen LogP contribution in [-0.4, -0.2) is 31.2 Å². The number of hydrogen-bond donors (Lipinski definition) is 1. The fourth-order valence-corrected chi connectivity index (χ4v) is 3.48. The number of phenols is 1. The van der Waals surface area contributed by atoms with Crippen molar-refractivity contribution < 1.29 is 14.4 Å². The Morgan fingerprint density at radius 1 is 1.06 bits per heavy atom. The molecule has 0 unspecified atom stereocenters. The van der Waals surface area contributed by atoms with Crippen LogP contribution >= 0.6 is 0 Å². The lowest BCUT2D eigenvalue weighted by Crippen LogP contribution is -2.30. The van der Waals surface area contributed by atoms with E-state index < -0.39 is 4.92 Å². The molecule has 0 aliphatic carbocycles. The number of aromatic hydroxyl groups is 1. The van der Waals surface area contributed by atoms with Gasteiger partial charge in [-0.1, -0.05) is 36.4 Å². The van der Waals surface area contributed by atoms with Gasteiger partial charge in [0.25, 0.3) is 5.69 Å². The van der Waals surface area contributed by atoms with Gasteiger partial charge in [0.05, 0.1) is 11.5 Å². The Balaban J connectivity index is 1.59. The lowest BCUT2D eigenvalue weighted by molar-refractivity contribution is -0.384. The second-order valence-corrected chi connectivity index (χ2v) is 7.59. The van der Waals surface area contributed by atoms with Crippen molar-refractivity contribution in [1.82, 2.24) is 15.1 Å². The Morgan fingerprint density at radius 2 is 1.87 bits per heavy atom. The Labute approximate surface area is 178 Å². The van der Waals surface area contributed by atoms with Crippen LogP contribution in [0.15, 0.2) is 65.1 Å². The Morgan fingerprint density at radius 3 is 2.65 bits per heavy atom. The predicted molar refractivity (Wildman–Crippen MR) is 116 cm³/mol. The fourth-order valence-electron chi connectivity index (χ4n) is 3.48. The van der Waals surface area contributed by atoms with Crippen LogP contribution in [-0.2, 0) is 13.1 Å². The van der Waals surface area contributed by atoms with Gasteiger partial charge in [-0.3, -0.25) is 15.0 Å². The zero-order valence-corrected chi connectivity index (χ0v) is 17.2. The molecular formula is C23H22N4O4. The number of rotatable bonds is 7. The van der Waals surface area contributed by atoms with Crippen molar-refractivity contribution in [3.05, 3.63) is 82.2 Å². The monoisotopic (exact) mass is 418 g/mol. The minimum Gasteiger partial charge on any atom is -0.508 e. The minimum absolute atomic E-state index is 0.0347. The summed E-state index contributed by atoms with van der Waals surface area (Å²) in [5.41, 5.74) is 1.30. The molecule has 0 aliphatic rings. The third-order valence-corrected chi connectivity index (χ3v) is 5.22. The zero-order valence-electron chi connectivity index (χ0n) is 17.2. The molecular weight excluding hydrogens is 396 g/mol. The first kappa shape index (κ1) is 20.5. The minimum atomic E-state index is -0.460. The van der Waals surface area contributed by atoms with E-state index >= 15 is 0 Å². The third kappa shape index (κ3) is 4.39. The Bertz CT molecular complexity index is 1240. The van der Waals surface area contributed by atoms with Gasteiger partial charge in [-0.05, 0) is 36.8 Å². The second-order valence-electron chi connectivity index (χ2n) is 7.59. The number of aromatic nitrogens is 2. The van der Waals surface area contributed by atoms with E-state index in [4.69, 9.17) is 4.42 Å². The highest BCUT2D eigenvalue weighted by atomic mass is 16.6. The van der Waals surface area contributed by atoms with Gasteiger partial charge in [0.15, 0.2) is 0 Å². The van der Waals surface area contributed by atoms with Crippen LogP contribution in [0, 0.1) is 10.1 Å². The van der Waals surface area contributed by atoms with E-state index in [1.165, 1.54) is 12.1 Å². The van der Waals surface area contributed by atoms with E-state index in [-0.39, 0.29) is 23.4 Å². The first-order valence-electron chi connectivity index (χ1n) is 9.93. The molecule has 3 aromatic carbocycles. The summed E-state index contributed by atoms with van der Waals surface area (Å²) < 4.78 is 5.79. The predicted octanol–water partition coefficient (Wildman–Crippen LogP) is 4.91. The molecule has 8 heteroatoms. The molecule has 0 aliphatic heterocycles. The molecule has 0 amide bonds. The summed E-state index contributed by atoms with van der Waals surface area (Å²) in [6.45, 7) is 4.99. The van der Waals surface area contributed by atoms with Gasteiger partial charge < -0.3 is 9.52 Å².